The Labute approximate surface area is 110 Å². The van der Waals surface area contributed by atoms with Crippen molar-refractivity contribution in [2.24, 2.45) is 11.1 Å². The van der Waals surface area contributed by atoms with Gasteiger partial charge in [0.05, 0.1) is 6.04 Å². The van der Waals surface area contributed by atoms with Crippen molar-refractivity contribution in [2.45, 2.75) is 47.1 Å². The molecule has 1 amide bonds. The molecule has 0 spiro atoms. The topological polar surface area (TPSA) is 55.1 Å². The van der Waals surface area contributed by atoms with E-state index in [2.05, 4.69) is 12.2 Å². The fourth-order valence-electron chi connectivity index (χ4n) is 1.80. The first kappa shape index (κ1) is 14.7. The Morgan fingerprint density at radius 2 is 2.00 bits per heavy atom. The van der Waals surface area contributed by atoms with E-state index in [1.54, 1.807) is 0 Å². The van der Waals surface area contributed by atoms with E-state index >= 15 is 0 Å². The van der Waals surface area contributed by atoms with Gasteiger partial charge in [0.15, 0.2) is 0 Å². The van der Waals surface area contributed by atoms with Crippen LogP contribution in [-0.4, -0.2) is 11.9 Å². The second-order valence-corrected chi connectivity index (χ2v) is 5.80. The third-order valence-electron chi connectivity index (χ3n) is 3.20. The second kappa shape index (κ2) is 5.53. The monoisotopic (exact) mass is 248 g/mol. The molecule has 18 heavy (non-hydrogen) atoms. The van der Waals surface area contributed by atoms with E-state index in [-0.39, 0.29) is 11.3 Å². The van der Waals surface area contributed by atoms with E-state index in [0.29, 0.717) is 0 Å². The fourth-order valence-corrected chi connectivity index (χ4v) is 1.80. The Morgan fingerprint density at radius 3 is 2.50 bits per heavy atom. The maximum absolute atomic E-state index is 12.1. The Bertz CT molecular complexity index is 433. The van der Waals surface area contributed by atoms with Gasteiger partial charge in [0, 0.05) is 5.69 Å². The lowest BCUT2D eigenvalue weighted by Crippen LogP contribution is -2.45. The van der Waals surface area contributed by atoms with E-state index in [0.717, 1.165) is 23.2 Å². The molecule has 0 aliphatic rings. The van der Waals surface area contributed by atoms with Crippen molar-refractivity contribution in [3.8, 4) is 0 Å². The zero-order chi connectivity index (χ0) is 13.9. The summed E-state index contributed by atoms with van der Waals surface area (Å²) in [6.07, 6.45) is 0.891. The smallest absolute Gasteiger partial charge is 0.241 e. The molecule has 0 unspecified atom stereocenters. The summed E-state index contributed by atoms with van der Waals surface area (Å²) >= 11 is 0. The molecule has 0 aliphatic carbocycles. The molecule has 0 heterocycles. The van der Waals surface area contributed by atoms with E-state index in [1.165, 1.54) is 0 Å². The highest BCUT2D eigenvalue weighted by molar-refractivity contribution is 5.96. The van der Waals surface area contributed by atoms with Crippen LogP contribution in [-0.2, 0) is 11.2 Å². The van der Waals surface area contributed by atoms with Crippen LogP contribution in [0.25, 0.3) is 0 Å². The molecule has 0 aromatic heterocycles. The molecule has 0 fully saturated rings. The van der Waals surface area contributed by atoms with Crippen LogP contribution in [0.2, 0.25) is 0 Å². The lowest BCUT2D eigenvalue weighted by atomic mass is 9.87. The molecule has 3 N–H and O–H groups in total. The molecular formula is C15H24N2O. The van der Waals surface area contributed by atoms with Gasteiger partial charge in [-0.1, -0.05) is 45.9 Å². The zero-order valence-electron chi connectivity index (χ0n) is 12.0. The number of aryl methyl sites for hydroxylation is 2. The minimum atomic E-state index is -0.512. The Kier molecular flexibility index (Phi) is 4.52. The summed E-state index contributed by atoms with van der Waals surface area (Å²) < 4.78 is 0. The quantitative estimate of drug-likeness (QED) is 0.864. The molecule has 3 nitrogen and oxygen atoms in total. The summed E-state index contributed by atoms with van der Waals surface area (Å²) in [5, 5.41) is 2.97. The first-order chi connectivity index (χ1) is 8.27. The summed E-state index contributed by atoms with van der Waals surface area (Å²) in [6.45, 7) is 9.98. The number of nitrogens with two attached hydrogens (primary N) is 1. The molecular weight excluding hydrogens is 224 g/mol. The lowest BCUT2D eigenvalue weighted by molar-refractivity contribution is -0.119. The summed E-state index contributed by atoms with van der Waals surface area (Å²) in [5.74, 6) is -0.119. The molecule has 0 aliphatic heterocycles. The highest BCUT2D eigenvalue weighted by atomic mass is 16.2. The third kappa shape index (κ3) is 3.33. The molecule has 100 valence electrons. The van der Waals surface area contributed by atoms with Crippen LogP contribution in [0, 0.1) is 12.3 Å². The number of hydrogen-bond donors (Lipinski definition) is 2. The van der Waals surface area contributed by atoms with Crippen LogP contribution in [0.1, 0.15) is 38.8 Å². The molecule has 3 heteroatoms. The molecule has 0 bridgehead atoms. The lowest BCUT2D eigenvalue weighted by Gasteiger charge is -2.26. The van der Waals surface area contributed by atoms with Gasteiger partial charge in [-0.2, -0.15) is 0 Å². The van der Waals surface area contributed by atoms with Crippen molar-refractivity contribution in [1.29, 1.82) is 0 Å². The molecule has 1 atom stereocenters. The van der Waals surface area contributed by atoms with Crippen molar-refractivity contribution in [1.82, 2.24) is 0 Å². The number of carbonyl (C=O) groups is 1. The highest BCUT2D eigenvalue weighted by Gasteiger charge is 2.27. The number of anilines is 1. The molecule has 1 aromatic carbocycles. The van der Waals surface area contributed by atoms with Crippen molar-refractivity contribution < 1.29 is 4.79 Å². The van der Waals surface area contributed by atoms with Gasteiger partial charge >= 0.3 is 0 Å². The van der Waals surface area contributed by atoms with E-state index in [9.17, 15) is 4.79 Å². The van der Waals surface area contributed by atoms with Crippen LogP contribution < -0.4 is 11.1 Å². The normalized spacial score (nSPS) is 13.2. The first-order valence-corrected chi connectivity index (χ1v) is 6.42. The van der Waals surface area contributed by atoms with Gasteiger partial charge in [-0.05, 0) is 29.9 Å². The largest absolute Gasteiger partial charge is 0.324 e. The number of benzene rings is 1. The standard InChI is InChI=1S/C15H24N2O/c1-6-11-9-7-8-10(2)12(11)17-14(18)13(16)15(3,4)5/h7-9,13H,6,16H2,1-5H3,(H,17,18)/t13-/m1/s1. The average molecular weight is 248 g/mol. The second-order valence-electron chi connectivity index (χ2n) is 5.80. The van der Waals surface area contributed by atoms with Crippen molar-refractivity contribution in [2.75, 3.05) is 5.32 Å². The number of carbonyl (C=O) groups excluding carboxylic acids is 1. The average Bonchev–Trinajstić information content (AvgIpc) is 2.29. The van der Waals surface area contributed by atoms with Gasteiger partial charge in [-0.25, -0.2) is 0 Å². The van der Waals surface area contributed by atoms with Gasteiger partial charge in [0.2, 0.25) is 5.91 Å². The van der Waals surface area contributed by atoms with Gasteiger partial charge in [-0.3, -0.25) is 4.79 Å². The van der Waals surface area contributed by atoms with E-state index in [1.807, 2.05) is 45.9 Å². The van der Waals surface area contributed by atoms with Crippen LogP contribution in [0.15, 0.2) is 18.2 Å². The minimum absolute atomic E-state index is 0.119. The Hall–Kier alpha value is -1.35. The van der Waals surface area contributed by atoms with Crippen LogP contribution >= 0.6 is 0 Å². The number of nitrogens with one attached hydrogen (secondary N) is 1. The first-order valence-electron chi connectivity index (χ1n) is 6.42. The van der Waals surface area contributed by atoms with Crippen molar-refractivity contribution >= 4 is 11.6 Å². The number of para-hydroxylation sites is 1. The predicted octanol–water partition coefficient (Wildman–Crippen LogP) is 2.87. The van der Waals surface area contributed by atoms with Crippen molar-refractivity contribution in [3.63, 3.8) is 0 Å². The van der Waals surface area contributed by atoms with Crippen LogP contribution in [0.3, 0.4) is 0 Å². The van der Waals surface area contributed by atoms with Gasteiger partial charge in [0.25, 0.3) is 0 Å². The maximum Gasteiger partial charge on any atom is 0.241 e. The van der Waals surface area contributed by atoms with Gasteiger partial charge < -0.3 is 11.1 Å². The summed E-state index contributed by atoms with van der Waals surface area (Å²) in [5.41, 5.74) is 8.86. The molecule has 1 rings (SSSR count). The Morgan fingerprint density at radius 1 is 1.39 bits per heavy atom. The summed E-state index contributed by atoms with van der Waals surface area (Å²) in [4.78, 5) is 12.1. The summed E-state index contributed by atoms with van der Waals surface area (Å²) in [7, 11) is 0. The van der Waals surface area contributed by atoms with Crippen LogP contribution in [0.4, 0.5) is 5.69 Å². The fraction of sp³-hybridized carbons (Fsp3) is 0.533. The minimum Gasteiger partial charge on any atom is -0.324 e. The third-order valence-corrected chi connectivity index (χ3v) is 3.20. The zero-order valence-corrected chi connectivity index (χ0v) is 12.0. The predicted molar refractivity (Wildman–Crippen MR) is 76.6 cm³/mol. The maximum atomic E-state index is 12.1. The number of hydrogen-bond acceptors (Lipinski definition) is 2. The molecule has 0 radical (unpaired) electrons. The Balaban J connectivity index is 2.95. The number of rotatable bonds is 3. The van der Waals surface area contributed by atoms with E-state index in [4.69, 9.17) is 5.73 Å². The van der Waals surface area contributed by atoms with Crippen molar-refractivity contribution in [3.05, 3.63) is 29.3 Å². The van der Waals surface area contributed by atoms with Gasteiger partial charge in [0.1, 0.15) is 0 Å². The van der Waals surface area contributed by atoms with Crippen LogP contribution in [0.5, 0.6) is 0 Å². The summed E-state index contributed by atoms with van der Waals surface area (Å²) in [6, 6.07) is 5.53. The van der Waals surface area contributed by atoms with E-state index < -0.39 is 6.04 Å². The van der Waals surface area contributed by atoms with Gasteiger partial charge in [-0.15, -0.1) is 0 Å². The SMILES string of the molecule is CCc1cccc(C)c1NC(=O)[C@@H](N)C(C)(C)C. The highest BCUT2D eigenvalue weighted by Crippen LogP contribution is 2.23. The number of amides is 1. The molecule has 0 saturated carbocycles. The molecule has 1 aromatic rings. The molecule has 0 saturated heterocycles.